The van der Waals surface area contributed by atoms with E-state index in [0.717, 1.165) is 47.5 Å². The molecule has 2 heterocycles. The van der Waals surface area contributed by atoms with E-state index in [-0.39, 0.29) is 11.7 Å². The molecule has 1 aliphatic rings. The highest BCUT2D eigenvalue weighted by atomic mass is 32.2. The molecule has 2 aromatic heterocycles. The van der Waals surface area contributed by atoms with Gasteiger partial charge in [-0.05, 0) is 70.0 Å². The monoisotopic (exact) mass is 439 g/mol. The summed E-state index contributed by atoms with van der Waals surface area (Å²) in [5.41, 5.74) is 1.95. The standard InChI is InChI=1S/C23H29N5O2S/c1-4-27(16(2)3)19-11-9-18(10-12-19)24-21(29)15-31-23-26-25-22(17-7-8-17)28(23)14-20-6-5-13-30-20/h5-6,9-13,16-17H,4,7-8,14-15H2,1-3H3,(H,24,29). The van der Waals surface area contributed by atoms with E-state index < -0.39 is 0 Å². The molecule has 1 saturated carbocycles. The number of hydrogen-bond donors (Lipinski definition) is 1. The number of aromatic nitrogens is 3. The van der Waals surface area contributed by atoms with Gasteiger partial charge in [-0.1, -0.05) is 11.8 Å². The summed E-state index contributed by atoms with van der Waals surface area (Å²) < 4.78 is 7.58. The van der Waals surface area contributed by atoms with Gasteiger partial charge in [-0.25, -0.2) is 0 Å². The number of hydrogen-bond acceptors (Lipinski definition) is 6. The Hall–Kier alpha value is -2.74. The highest BCUT2D eigenvalue weighted by molar-refractivity contribution is 7.99. The SMILES string of the molecule is CCN(c1ccc(NC(=O)CSc2nnc(C3CC3)n2Cc2ccco2)cc1)C(C)C. The normalized spacial score (nSPS) is 13.5. The molecule has 1 fully saturated rings. The highest BCUT2D eigenvalue weighted by Crippen LogP contribution is 2.40. The van der Waals surface area contributed by atoms with Gasteiger partial charge >= 0.3 is 0 Å². The molecule has 0 spiro atoms. The van der Waals surface area contributed by atoms with Gasteiger partial charge in [-0.2, -0.15) is 0 Å². The fourth-order valence-corrected chi connectivity index (χ4v) is 4.41. The summed E-state index contributed by atoms with van der Waals surface area (Å²) in [4.78, 5) is 14.8. The van der Waals surface area contributed by atoms with Crippen LogP contribution in [0, 0.1) is 0 Å². The molecule has 0 aliphatic heterocycles. The minimum atomic E-state index is -0.0607. The number of carbonyl (C=O) groups is 1. The van der Waals surface area contributed by atoms with E-state index in [1.54, 1.807) is 6.26 Å². The second-order valence-electron chi connectivity index (χ2n) is 8.04. The molecule has 0 radical (unpaired) electrons. The van der Waals surface area contributed by atoms with Crippen molar-refractivity contribution < 1.29 is 9.21 Å². The van der Waals surface area contributed by atoms with Gasteiger partial charge in [-0.3, -0.25) is 9.36 Å². The Morgan fingerprint density at radius 3 is 2.65 bits per heavy atom. The fraction of sp³-hybridized carbons (Fsp3) is 0.435. The third-order valence-electron chi connectivity index (χ3n) is 5.36. The molecule has 8 heteroatoms. The summed E-state index contributed by atoms with van der Waals surface area (Å²) in [6.45, 7) is 8.03. The summed E-state index contributed by atoms with van der Waals surface area (Å²) in [7, 11) is 0. The molecule has 1 aromatic carbocycles. The maximum atomic E-state index is 12.5. The van der Waals surface area contributed by atoms with Crippen LogP contribution in [0.5, 0.6) is 0 Å². The zero-order chi connectivity index (χ0) is 21.8. The summed E-state index contributed by atoms with van der Waals surface area (Å²) in [5.74, 6) is 2.53. The van der Waals surface area contributed by atoms with Crippen molar-refractivity contribution in [3.05, 3.63) is 54.2 Å². The third kappa shape index (κ3) is 5.31. The number of carbonyl (C=O) groups excluding carboxylic acids is 1. The molecule has 31 heavy (non-hydrogen) atoms. The third-order valence-corrected chi connectivity index (χ3v) is 6.33. The molecule has 0 atom stereocenters. The van der Waals surface area contributed by atoms with Gasteiger partial charge in [0, 0.05) is 29.9 Å². The Balaban J connectivity index is 1.37. The zero-order valence-corrected chi connectivity index (χ0v) is 19.1. The average Bonchev–Trinajstić information content (AvgIpc) is 3.31. The quantitative estimate of drug-likeness (QED) is 0.459. The number of furan rings is 1. The first-order valence-corrected chi connectivity index (χ1v) is 11.8. The number of rotatable bonds is 10. The number of thioether (sulfide) groups is 1. The molecule has 164 valence electrons. The molecular formula is C23H29N5O2S. The summed E-state index contributed by atoms with van der Waals surface area (Å²) in [6.07, 6.45) is 3.95. The predicted molar refractivity (Wildman–Crippen MR) is 124 cm³/mol. The molecular weight excluding hydrogens is 410 g/mol. The molecule has 1 N–H and O–H groups in total. The second-order valence-corrected chi connectivity index (χ2v) is 8.99. The van der Waals surface area contributed by atoms with E-state index in [0.29, 0.717) is 18.5 Å². The van der Waals surface area contributed by atoms with Crippen LogP contribution < -0.4 is 10.2 Å². The largest absolute Gasteiger partial charge is 0.467 e. The van der Waals surface area contributed by atoms with E-state index in [9.17, 15) is 4.79 Å². The molecule has 0 bridgehead atoms. The topological polar surface area (TPSA) is 76.2 Å². The van der Waals surface area contributed by atoms with Crippen LogP contribution in [0.3, 0.4) is 0 Å². The van der Waals surface area contributed by atoms with Crippen LogP contribution >= 0.6 is 11.8 Å². The summed E-state index contributed by atoms with van der Waals surface area (Å²) in [6, 6.07) is 12.3. The molecule has 4 rings (SSSR count). The lowest BCUT2D eigenvalue weighted by atomic mass is 10.2. The Morgan fingerprint density at radius 2 is 2.03 bits per heavy atom. The smallest absolute Gasteiger partial charge is 0.234 e. The highest BCUT2D eigenvalue weighted by Gasteiger charge is 2.30. The van der Waals surface area contributed by atoms with Crippen molar-refractivity contribution in [3.8, 4) is 0 Å². The zero-order valence-electron chi connectivity index (χ0n) is 18.2. The van der Waals surface area contributed by atoms with Gasteiger partial charge < -0.3 is 14.6 Å². The van der Waals surface area contributed by atoms with Crippen molar-refractivity contribution >= 4 is 29.0 Å². The van der Waals surface area contributed by atoms with E-state index in [4.69, 9.17) is 4.42 Å². The molecule has 3 aromatic rings. The van der Waals surface area contributed by atoms with Gasteiger partial charge in [-0.15, -0.1) is 10.2 Å². The van der Waals surface area contributed by atoms with Crippen LogP contribution in [0.1, 0.15) is 51.1 Å². The lowest BCUT2D eigenvalue weighted by Crippen LogP contribution is -2.30. The summed E-state index contributed by atoms with van der Waals surface area (Å²) >= 11 is 1.41. The van der Waals surface area contributed by atoms with Crippen LogP contribution in [0.25, 0.3) is 0 Å². The summed E-state index contributed by atoms with van der Waals surface area (Å²) in [5, 5.41) is 12.5. The minimum Gasteiger partial charge on any atom is -0.467 e. The average molecular weight is 440 g/mol. The lowest BCUT2D eigenvalue weighted by molar-refractivity contribution is -0.113. The van der Waals surface area contributed by atoms with Crippen LogP contribution in [-0.2, 0) is 11.3 Å². The number of benzene rings is 1. The van der Waals surface area contributed by atoms with Gasteiger partial charge in [0.15, 0.2) is 5.16 Å². The number of nitrogens with zero attached hydrogens (tertiary/aromatic N) is 4. The first kappa shape index (κ1) is 21.5. The lowest BCUT2D eigenvalue weighted by Gasteiger charge is -2.27. The van der Waals surface area contributed by atoms with Crippen molar-refractivity contribution in [2.45, 2.75) is 57.3 Å². The molecule has 0 saturated heterocycles. The Morgan fingerprint density at radius 1 is 1.26 bits per heavy atom. The van der Waals surface area contributed by atoms with Gasteiger partial charge in [0.05, 0.1) is 18.6 Å². The molecule has 7 nitrogen and oxygen atoms in total. The predicted octanol–water partition coefficient (Wildman–Crippen LogP) is 4.76. The maximum absolute atomic E-state index is 12.5. The maximum Gasteiger partial charge on any atom is 0.234 e. The molecule has 1 aliphatic carbocycles. The van der Waals surface area contributed by atoms with Gasteiger partial charge in [0.2, 0.25) is 5.91 Å². The first-order chi connectivity index (χ1) is 15.0. The number of nitrogens with one attached hydrogen (secondary N) is 1. The number of amides is 1. The van der Waals surface area contributed by atoms with Crippen molar-refractivity contribution in [1.82, 2.24) is 14.8 Å². The van der Waals surface area contributed by atoms with Crippen LogP contribution in [0.15, 0.2) is 52.2 Å². The van der Waals surface area contributed by atoms with E-state index in [1.807, 2.05) is 36.4 Å². The number of anilines is 2. The van der Waals surface area contributed by atoms with Crippen molar-refractivity contribution in [2.24, 2.45) is 0 Å². The fourth-order valence-electron chi connectivity index (χ4n) is 3.67. The van der Waals surface area contributed by atoms with Crippen molar-refractivity contribution in [3.63, 3.8) is 0 Å². The second kappa shape index (κ2) is 9.60. The van der Waals surface area contributed by atoms with E-state index in [1.165, 1.54) is 11.8 Å². The Kier molecular flexibility index (Phi) is 6.65. The van der Waals surface area contributed by atoms with Crippen molar-refractivity contribution in [2.75, 3.05) is 22.5 Å². The van der Waals surface area contributed by atoms with Crippen LogP contribution in [0.4, 0.5) is 11.4 Å². The van der Waals surface area contributed by atoms with Crippen molar-refractivity contribution in [1.29, 1.82) is 0 Å². The van der Waals surface area contributed by atoms with Gasteiger partial charge in [0.1, 0.15) is 11.6 Å². The van der Waals surface area contributed by atoms with Crippen LogP contribution in [-0.4, -0.2) is 39.0 Å². The van der Waals surface area contributed by atoms with E-state index >= 15 is 0 Å². The Labute approximate surface area is 187 Å². The van der Waals surface area contributed by atoms with Crippen LogP contribution in [0.2, 0.25) is 0 Å². The Bertz CT molecular complexity index is 994. The van der Waals surface area contributed by atoms with E-state index in [2.05, 4.69) is 45.8 Å². The minimum absolute atomic E-state index is 0.0607. The molecule has 1 amide bonds. The molecule has 0 unspecified atom stereocenters. The first-order valence-electron chi connectivity index (χ1n) is 10.8. The van der Waals surface area contributed by atoms with Gasteiger partial charge in [0.25, 0.3) is 0 Å².